The van der Waals surface area contributed by atoms with E-state index in [1.54, 1.807) is 7.05 Å². The summed E-state index contributed by atoms with van der Waals surface area (Å²) < 4.78 is 13.7. The second-order valence-electron chi connectivity index (χ2n) is 4.73. The van der Waals surface area contributed by atoms with Gasteiger partial charge in [-0.3, -0.25) is 4.90 Å². The molecule has 0 bridgehead atoms. The molecular weight excluding hydrogens is 233 g/mol. The maximum absolute atomic E-state index is 13.7. The molecule has 1 aliphatic heterocycles. The predicted molar refractivity (Wildman–Crippen MR) is 70.5 cm³/mol. The smallest absolute Gasteiger partial charge is 0.224 e. The van der Waals surface area contributed by atoms with Gasteiger partial charge in [-0.1, -0.05) is 0 Å². The van der Waals surface area contributed by atoms with Crippen LogP contribution < -0.4 is 10.2 Å². The number of rotatable bonds is 3. The summed E-state index contributed by atoms with van der Waals surface area (Å²) in [7, 11) is 1.73. The maximum Gasteiger partial charge on any atom is 0.224 e. The molecule has 1 fully saturated rings. The highest BCUT2D eigenvalue weighted by Gasteiger charge is 2.22. The van der Waals surface area contributed by atoms with Gasteiger partial charge >= 0.3 is 0 Å². The Balaban J connectivity index is 2.09. The van der Waals surface area contributed by atoms with Gasteiger partial charge in [0.1, 0.15) is 0 Å². The molecule has 18 heavy (non-hydrogen) atoms. The summed E-state index contributed by atoms with van der Waals surface area (Å²) in [6.07, 6.45) is 1.23. The number of nitrogens with one attached hydrogen (secondary N) is 1. The molecule has 1 aromatic rings. The molecular formula is C12H20FN5. The first-order valence-corrected chi connectivity index (χ1v) is 6.31. The van der Waals surface area contributed by atoms with E-state index in [4.69, 9.17) is 0 Å². The lowest BCUT2D eigenvalue weighted by Crippen LogP contribution is -2.49. The van der Waals surface area contributed by atoms with Crippen molar-refractivity contribution >= 4 is 11.8 Å². The minimum absolute atomic E-state index is 0.355. The fraction of sp³-hybridized carbons (Fsp3) is 0.667. The normalized spacial score (nSPS) is 17.3. The molecule has 100 valence electrons. The van der Waals surface area contributed by atoms with Crippen molar-refractivity contribution in [2.75, 3.05) is 43.4 Å². The Morgan fingerprint density at radius 3 is 2.50 bits per heavy atom. The van der Waals surface area contributed by atoms with Gasteiger partial charge in [0.05, 0.1) is 6.20 Å². The van der Waals surface area contributed by atoms with E-state index in [9.17, 15) is 4.39 Å². The molecule has 1 aromatic heterocycles. The van der Waals surface area contributed by atoms with Crippen LogP contribution in [-0.4, -0.2) is 54.1 Å². The van der Waals surface area contributed by atoms with Crippen LogP contribution in [0.25, 0.3) is 0 Å². The molecule has 1 N–H and O–H groups in total. The molecule has 0 spiro atoms. The number of aromatic nitrogens is 2. The lowest BCUT2D eigenvalue weighted by molar-refractivity contribution is 0.208. The Hall–Kier alpha value is -1.43. The van der Waals surface area contributed by atoms with Crippen LogP contribution >= 0.6 is 0 Å². The zero-order valence-corrected chi connectivity index (χ0v) is 11.1. The van der Waals surface area contributed by atoms with Gasteiger partial charge in [0, 0.05) is 39.3 Å². The van der Waals surface area contributed by atoms with Gasteiger partial charge in [0.15, 0.2) is 11.6 Å². The second kappa shape index (κ2) is 5.48. The number of hydrogen-bond acceptors (Lipinski definition) is 5. The number of anilines is 2. The molecule has 5 nitrogen and oxygen atoms in total. The number of nitrogens with zero attached hydrogens (tertiary/aromatic N) is 4. The monoisotopic (exact) mass is 253 g/mol. The summed E-state index contributed by atoms with van der Waals surface area (Å²) in [6, 6.07) is 0.537. The third-order valence-corrected chi connectivity index (χ3v) is 3.29. The van der Waals surface area contributed by atoms with Crippen molar-refractivity contribution in [2.24, 2.45) is 0 Å². The van der Waals surface area contributed by atoms with Crippen LogP contribution in [0.5, 0.6) is 0 Å². The quantitative estimate of drug-likeness (QED) is 0.876. The zero-order valence-electron chi connectivity index (χ0n) is 11.1. The summed E-state index contributed by atoms with van der Waals surface area (Å²) in [6.45, 7) is 7.84. The first kappa shape index (κ1) is 13.0. The van der Waals surface area contributed by atoms with Crippen molar-refractivity contribution in [3.05, 3.63) is 12.0 Å². The van der Waals surface area contributed by atoms with Gasteiger partial charge in [-0.25, -0.2) is 9.37 Å². The lowest BCUT2D eigenvalue weighted by Gasteiger charge is -2.37. The highest BCUT2D eigenvalue weighted by atomic mass is 19.1. The Morgan fingerprint density at radius 1 is 1.28 bits per heavy atom. The van der Waals surface area contributed by atoms with Crippen LogP contribution in [0.1, 0.15) is 13.8 Å². The van der Waals surface area contributed by atoms with E-state index in [1.165, 1.54) is 6.20 Å². The van der Waals surface area contributed by atoms with Crippen molar-refractivity contribution in [3.63, 3.8) is 0 Å². The van der Waals surface area contributed by atoms with Crippen LogP contribution in [0, 0.1) is 5.82 Å². The van der Waals surface area contributed by atoms with E-state index >= 15 is 0 Å². The van der Waals surface area contributed by atoms with Gasteiger partial charge in [0.25, 0.3) is 0 Å². The summed E-state index contributed by atoms with van der Waals surface area (Å²) in [5, 5.41) is 2.83. The van der Waals surface area contributed by atoms with Crippen LogP contribution in [-0.2, 0) is 0 Å². The van der Waals surface area contributed by atoms with Crippen molar-refractivity contribution in [3.8, 4) is 0 Å². The van der Waals surface area contributed by atoms with Gasteiger partial charge in [-0.2, -0.15) is 4.98 Å². The molecule has 2 heterocycles. The van der Waals surface area contributed by atoms with Crippen molar-refractivity contribution in [1.82, 2.24) is 14.9 Å². The Bertz CT molecular complexity index is 401. The zero-order chi connectivity index (χ0) is 13.1. The molecule has 0 aromatic carbocycles. The SMILES string of the molecule is CNc1ncc(F)c(N2CCN(C(C)C)CC2)n1. The van der Waals surface area contributed by atoms with Crippen molar-refractivity contribution < 1.29 is 4.39 Å². The van der Waals surface area contributed by atoms with Crippen LogP contribution in [0.4, 0.5) is 16.2 Å². The Kier molecular flexibility index (Phi) is 3.96. The van der Waals surface area contributed by atoms with E-state index < -0.39 is 0 Å². The van der Waals surface area contributed by atoms with E-state index in [1.807, 2.05) is 4.90 Å². The molecule has 0 aliphatic carbocycles. The lowest BCUT2D eigenvalue weighted by atomic mass is 10.2. The number of piperazine rings is 1. The first-order chi connectivity index (χ1) is 8.61. The fourth-order valence-electron chi connectivity index (χ4n) is 2.15. The van der Waals surface area contributed by atoms with Gasteiger partial charge in [0.2, 0.25) is 5.95 Å². The molecule has 1 aliphatic rings. The Morgan fingerprint density at radius 2 is 1.94 bits per heavy atom. The third-order valence-electron chi connectivity index (χ3n) is 3.29. The molecule has 6 heteroatoms. The average molecular weight is 253 g/mol. The minimum atomic E-state index is -0.355. The summed E-state index contributed by atoms with van der Waals surface area (Å²) >= 11 is 0. The van der Waals surface area contributed by atoms with E-state index in [0.717, 1.165) is 26.2 Å². The third kappa shape index (κ3) is 2.69. The standard InChI is InChI=1S/C12H20FN5/c1-9(2)17-4-6-18(7-5-17)11-10(13)8-15-12(14-3)16-11/h8-9H,4-7H2,1-3H3,(H,14,15,16). The Labute approximate surface area is 107 Å². The predicted octanol–water partition coefficient (Wildman–Crippen LogP) is 1.19. The fourth-order valence-corrected chi connectivity index (χ4v) is 2.15. The maximum atomic E-state index is 13.7. The highest BCUT2D eigenvalue weighted by Crippen LogP contribution is 2.19. The molecule has 2 rings (SSSR count). The van der Waals surface area contributed by atoms with Crippen LogP contribution in [0.2, 0.25) is 0 Å². The molecule has 0 saturated carbocycles. The van der Waals surface area contributed by atoms with Gasteiger partial charge in [-0.05, 0) is 13.8 Å². The van der Waals surface area contributed by atoms with Gasteiger partial charge < -0.3 is 10.2 Å². The van der Waals surface area contributed by atoms with E-state index in [-0.39, 0.29) is 5.82 Å². The molecule has 0 radical (unpaired) electrons. The van der Waals surface area contributed by atoms with Gasteiger partial charge in [-0.15, -0.1) is 0 Å². The number of hydrogen-bond donors (Lipinski definition) is 1. The first-order valence-electron chi connectivity index (χ1n) is 6.31. The van der Waals surface area contributed by atoms with E-state index in [2.05, 4.69) is 34.0 Å². The van der Waals surface area contributed by atoms with Crippen LogP contribution in [0.3, 0.4) is 0 Å². The van der Waals surface area contributed by atoms with Crippen LogP contribution in [0.15, 0.2) is 6.20 Å². The van der Waals surface area contributed by atoms with Crippen molar-refractivity contribution in [1.29, 1.82) is 0 Å². The molecule has 0 atom stereocenters. The molecule has 0 unspecified atom stereocenters. The second-order valence-corrected chi connectivity index (χ2v) is 4.73. The van der Waals surface area contributed by atoms with E-state index in [0.29, 0.717) is 17.8 Å². The summed E-state index contributed by atoms with van der Waals surface area (Å²) in [4.78, 5) is 12.4. The molecule has 0 amide bonds. The van der Waals surface area contributed by atoms with Crippen molar-refractivity contribution in [2.45, 2.75) is 19.9 Å². The average Bonchev–Trinajstić information content (AvgIpc) is 2.39. The largest absolute Gasteiger partial charge is 0.357 e. The topological polar surface area (TPSA) is 44.3 Å². The summed E-state index contributed by atoms with van der Waals surface area (Å²) in [5.74, 6) is 0.502. The molecule has 1 saturated heterocycles. The highest BCUT2D eigenvalue weighted by molar-refractivity contribution is 5.44. The number of halogens is 1. The minimum Gasteiger partial charge on any atom is -0.357 e. The summed E-state index contributed by atoms with van der Waals surface area (Å²) in [5.41, 5.74) is 0.